The van der Waals surface area contributed by atoms with E-state index in [4.69, 9.17) is 16.3 Å². The van der Waals surface area contributed by atoms with E-state index >= 15 is 0 Å². The minimum Gasteiger partial charge on any atom is -0.459 e. The smallest absolute Gasteiger partial charge is 0.306 e. The second kappa shape index (κ2) is 6.69. The van der Waals surface area contributed by atoms with Crippen LogP contribution in [0.3, 0.4) is 0 Å². The number of hydrogen-bond acceptors (Lipinski definition) is 5. The van der Waals surface area contributed by atoms with E-state index in [2.05, 4.69) is 4.98 Å². The van der Waals surface area contributed by atoms with Crippen LogP contribution >= 0.6 is 11.6 Å². The van der Waals surface area contributed by atoms with Crippen LogP contribution in [0.1, 0.15) is 24.1 Å². The number of rotatable bonds is 4. The van der Waals surface area contributed by atoms with Gasteiger partial charge in [-0.05, 0) is 30.9 Å². The van der Waals surface area contributed by atoms with Crippen LogP contribution in [-0.2, 0) is 26.0 Å². The van der Waals surface area contributed by atoms with E-state index in [1.54, 1.807) is 0 Å². The highest BCUT2D eigenvalue weighted by atomic mass is 35.5. The average molecular weight is 368 g/mol. The fraction of sp³-hybridized carbons (Fsp3) is 0.412. The molecule has 0 radical (unpaired) electrons. The van der Waals surface area contributed by atoms with Gasteiger partial charge in [0, 0.05) is 11.8 Å². The number of halogens is 1. The van der Waals surface area contributed by atoms with Gasteiger partial charge in [0.05, 0.1) is 27.7 Å². The summed E-state index contributed by atoms with van der Waals surface area (Å²) in [6.07, 6.45) is 0.634. The van der Waals surface area contributed by atoms with Gasteiger partial charge in [-0.1, -0.05) is 29.8 Å². The normalized spacial score (nSPS) is 19.5. The lowest BCUT2D eigenvalue weighted by molar-refractivity contribution is -0.146. The predicted molar refractivity (Wildman–Crippen MR) is 92.7 cm³/mol. The molecule has 128 valence electrons. The summed E-state index contributed by atoms with van der Waals surface area (Å²) in [5.41, 5.74) is 2.21. The quantitative estimate of drug-likeness (QED) is 0.776. The van der Waals surface area contributed by atoms with E-state index in [9.17, 15) is 13.2 Å². The molecule has 1 aliphatic heterocycles. The zero-order valence-corrected chi connectivity index (χ0v) is 14.9. The van der Waals surface area contributed by atoms with Gasteiger partial charge in [0.25, 0.3) is 0 Å². The first-order valence-electron chi connectivity index (χ1n) is 7.75. The number of hydrogen-bond donors (Lipinski definition) is 0. The molecule has 1 aromatic heterocycles. The Kier molecular flexibility index (Phi) is 4.78. The van der Waals surface area contributed by atoms with E-state index in [-0.39, 0.29) is 30.5 Å². The molecule has 0 unspecified atom stereocenters. The number of pyridine rings is 1. The van der Waals surface area contributed by atoms with E-state index in [1.807, 2.05) is 31.2 Å². The molecule has 24 heavy (non-hydrogen) atoms. The number of benzene rings is 1. The Morgan fingerprint density at radius 1 is 1.38 bits per heavy atom. The number of ether oxygens (including phenoxy) is 1. The highest BCUT2D eigenvalue weighted by molar-refractivity contribution is 7.91. The van der Waals surface area contributed by atoms with Crippen molar-refractivity contribution in [3.05, 3.63) is 40.5 Å². The van der Waals surface area contributed by atoms with Gasteiger partial charge in [-0.2, -0.15) is 0 Å². The zero-order chi connectivity index (χ0) is 17.3. The van der Waals surface area contributed by atoms with Gasteiger partial charge in [-0.15, -0.1) is 0 Å². The van der Waals surface area contributed by atoms with Gasteiger partial charge in [-0.25, -0.2) is 13.4 Å². The maximum Gasteiger partial charge on any atom is 0.306 e. The minimum atomic E-state index is -2.99. The Morgan fingerprint density at radius 3 is 2.83 bits per heavy atom. The zero-order valence-electron chi connectivity index (χ0n) is 13.3. The fourth-order valence-electron chi connectivity index (χ4n) is 2.99. The van der Waals surface area contributed by atoms with E-state index in [0.29, 0.717) is 17.1 Å². The molecular weight excluding hydrogens is 350 g/mol. The summed E-state index contributed by atoms with van der Waals surface area (Å²) in [7, 11) is -2.99. The molecule has 7 heteroatoms. The van der Waals surface area contributed by atoms with E-state index < -0.39 is 15.8 Å². The SMILES string of the molecule is Cc1c(Cl)c(COC(=O)C[C@@H]2CCS(=O)(=O)C2)nc2ccccc12. The summed E-state index contributed by atoms with van der Waals surface area (Å²) in [5, 5.41) is 1.46. The molecule has 5 nitrogen and oxygen atoms in total. The van der Waals surface area contributed by atoms with Crippen molar-refractivity contribution in [3.63, 3.8) is 0 Å². The first-order chi connectivity index (χ1) is 11.4. The molecule has 1 saturated heterocycles. The Balaban J connectivity index is 1.67. The Morgan fingerprint density at radius 2 is 2.12 bits per heavy atom. The molecule has 1 fully saturated rings. The van der Waals surface area contributed by atoms with Crippen molar-refractivity contribution < 1.29 is 17.9 Å². The second-order valence-electron chi connectivity index (χ2n) is 6.15. The predicted octanol–water partition coefficient (Wildman–Crippen LogP) is 3.06. The molecule has 0 bridgehead atoms. The molecule has 0 saturated carbocycles. The number of aryl methyl sites for hydroxylation is 1. The molecule has 2 aromatic rings. The van der Waals surface area contributed by atoms with Crippen LogP contribution in [0, 0.1) is 12.8 Å². The summed E-state index contributed by atoms with van der Waals surface area (Å²) < 4.78 is 28.1. The lowest BCUT2D eigenvalue weighted by atomic mass is 10.1. The topological polar surface area (TPSA) is 73.3 Å². The first kappa shape index (κ1) is 17.2. The monoisotopic (exact) mass is 367 g/mol. The van der Waals surface area contributed by atoms with Crippen molar-refractivity contribution >= 4 is 38.3 Å². The summed E-state index contributed by atoms with van der Waals surface area (Å²) in [5.74, 6) is -0.344. The molecule has 3 rings (SSSR count). The molecule has 1 atom stereocenters. The third kappa shape index (κ3) is 3.70. The highest BCUT2D eigenvalue weighted by Crippen LogP contribution is 2.28. The fourth-order valence-corrected chi connectivity index (χ4v) is 5.05. The van der Waals surface area contributed by atoms with Crippen LogP contribution in [0.15, 0.2) is 24.3 Å². The molecule has 2 heterocycles. The van der Waals surface area contributed by atoms with Crippen molar-refractivity contribution in [3.8, 4) is 0 Å². The van der Waals surface area contributed by atoms with Gasteiger partial charge in [-0.3, -0.25) is 4.79 Å². The lowest BCUT2D eigenvalue weighted by Gasteiger charge is -2.11. The molecule has 0 amide bonds. The Labute approximate surface area is 145 Å². The van der Waals surface area contributed by atoms with E-state index in [1.165, 1.54) is 0 Å². The third-order valence-corrected chi connectivity index (χ3v) is 6.64. The molecule has 1 aromatic carbocycles. The van der Waals surface area contributed by atoms with Crippen molar-refractivity contribution in [2.45, 2.75) is 26.4 Å². The van der Waals surface area contributed by atoms with Gasteiger partial charge >= 0.3 is 5.97 Å². The summed E-state index contributed by atoms with van der Waals surface area (Å²) in [4.78, 5) is 16.4. The lowest BCUT2D eigenvalue weighted by Crippen LogP contribution is -2.13. The maximum absolute atomic E-state index is 12.0. The van der Waals surface area contributed by atoms with Crippen LogP contribution in [0.2, 0.25) is 5.02 Å². The number of carbonyl (C=O) groups excluding carboxylic acids is 1. The number of nitrogens with zero attached hydrogens (tertiary/aromatic N) is 1. The molecule has 0 aliphatic carbocycles. The molecule has 0 N–H and O–H groups in total. The standard InChI is InChI=1S/C17H18ClNO4S/c1-11-13-4-2-3-5-14(13)19-15(17(11)18)9-23-16(20)8-12-6-7-24(21,22)10-12/h2-5,12H,6-10H2,1H3/t12-/m0/s1. The largest absolute Gasteiger partial charge is 0.459 e. The van der Waals surface area contributed by atoms with Crippen LogP contribution < -0.4 is 0 Å². The van der Waals surface area contributed by atoms with Crippen LogP contribution in [0.4, 0.5) is 0 Å². The van der Waals surface area contributed by atoms with Crippen molar-refractivity contribution in [1.82, 2.24) is 4.98 Å². The molecule has 0 spiro atoms. The number of aromatic nitrogens is 1. The van der Waals surface area contributed by atoms with Gasteiger partial charge in [0.1, 0.15) is 6.61 Å². The van der Waals surface area contributed by atoms with Crippen molar-refractivity contribution in [1.29, 1.82) is 0 Å². The number of carbonyl (C=O) groups is 1. The summed E-state index contributed by atoms with van der Waals surface area (Å²) in [6.45, 7) is 1.89. The highest BCUT2D eigenvalue weighted by Gasteiger charge is 2.30. The number of sulfone groups is 1. The third-order valence-electron chi connectivity index (χ3n) is 4.30. The maximum atomic E-state index is 12.0. The average Bonchev–Trinajstić information content (AvgIpc) is 2.88. The summed E-state index contributed by atoms with van der Waals surface area (Å²) in [6, 6.07) is 7.63. The van der Waals surface area contributed by atoms with Crippen LogP contribution in [-0.4, -0.2) is 30.9 Å². The second-order valence-corrected chi connectivity index (χ2v) is 8.76. The summed E-state index contributed by atoms with van der Waals surface area (Å²) >= 11 is 6.33. The van der Waals surface area contributed by atoms with E-state index in [0.717, 1.165) is 16.5 Å². The van der Waals surface area contributed by atoms with Crippen molar-refractivity contribution in [2.24, 2.45) is 5.92 Å². The molecular formula is C17H18ClNO4S. The van der Waals surface area contributed by atoms with Crippen molar-refractivity contribution in [2.75, 3.05) is 11.5 Å². The van der Waals surface area contributed by atoms with Crippen LogP contribution in [0.25, 0.3) is 10.9 Å². The molecule has 1 aliphatic rings. The van der Waals surface area contributed by atoms with Crippen LogP contribution in [0.5, 0.6) is 0 Å². The number of para-hydroxylation sites is 1. The number of fused-ring (bicyclic) bond motifs is 1. The van der Waals surface area contributed by atoms with Gasteiger partial charge < -0.3 is 4.74 Å². The van der Waals surface area contributed by atoms with Gasteiger partial charge in [0.15, 0.2) is 9.84 Å². The Bertz CT molecular complexity index is 895. The minimum absolute atomic E-state index is 0.0111. The van der Waals surface area contributed by atoms with Gasteiger partial charge in [0.2, 0.25) is 0 Å². The first-order valence-corrected chi connectivity index (χ1v) is 9.95. The number of esters is 1. The Hall–Kier alpha value is -1.66.